The Hall–Kier alpha value is -4.02. The van der Waals surface area contributed by atoms with Crippen LogP contribution < -0.4 is 20.9 Å². The zero-order chi connectivity index (χ0) is 28.0. The molecule has 2 atom stereocenters. The third-order valence-electron chi connectivity index (χ3n) is 6.68. The molecule has 3 aromatic rings. The molecule has 0 aliphatic carbocycles. The highest BCUT2D eigenvalue weighted by atomic mass is 16.3. The number of fused-ring (bicyclic) bond motifs is 1. The zero-order valence-corrected chi connectivity index (χ0v) is 22.4. The summed E-state index contributed by atoms with van der Waals surface area (Å²) >= 11 is 0. The van der Waals surface area contributed by atoms with E-state index < -0.39 is 17.7 Å². The number of aliphatic hydroxyl groups excluding tert-OH is 1. The van der Waals surface area contributed by atoms with Crippen LogP contribution in [0.1, 0.15) is 44.7 Å². The summed E-state index contributed by atoms with van der Waals surface area (Å²) in [6.45, 7) is 6.16. The van der Waals surface area contributed by atoms with Crippen molar-refractivity contribution in [3.05, 3.63) is 66.1 Å². The van der Waals surface area contributed by atoms with E-state index in [9.17, 15) is 19.5 Å². The fourth-order valence-electron chi connectivity index (χ4n) is 4.70. The van der Waals surface area contributed by atoms with Gasteiger partial charge in [0.1, 0.15) is 6.04 Å². The van der Waals surface area contributed by atoms with Crippen molar-refractivity contribution in [3.63, 3.8) is 0 Å². The number of hydrogen-bond acceptors (Lipinski definition) is 7. The SMILES string of the molecule is C[C@@H](O)CNC(C)(C)CC(=O)N[C@@H]1CCc2ccccc2N(Cc2ccc(-c3ocnc3NC=O)cc2)C1=O. The van der Waals surface area contributed by atoms with Crippen molar-refractivity contribution in [2.45, 2.75) is 64.3 Å². The van der Waals surface area contributed by atoms with E-state index in [1.807, 2.05) is 62.4 Å². The maximum atomic E-state index is 13.8. The number of rotatable bonds is 11. The third-order valence-corrected chi connectivity index (χ3v) is 6.68. The Balaban J connectivity index is 1.51. The van der Waals surface area contributed by atoms with Gasteiger partial charge in [0.05, 0.1) is 12.6 Å². The highest BCUT2D eigenvalue weighted by molar-refractivity contribution is 6.00. The number of anilines is 2. The minimum absolute atomic E-state index is 0.167. The number of aryl methyl sites for hydroxylation is 1. The Morgan fingerprint density at radius 1 is 1.23 bits per heavy atom. The minimum Gasteiger partial charge on any atom is -0.441 e. The topological polar surface area (TPSA) is 137 Å². The number of carbonyl (C=O) groups excluding carboxylic acids is 3. The maximum absolute atomic E-state index is 13.8. The van der Waals surface area contributed by atoms with Crippen molar-refractivity contribution < 1.29 is 23.9 Å². The molecule has 0 unspecified atom stereocenters. The van der Waals surface area contributed by atoms with Gasteiger partial charge < -0.3 is 30.4 Å². The van der Waals surface area contributed by atoms with Crippen LogP contribution >= 0.6 is 0 Å². The first-order chi connectivity index (χ1) is 18.7. The van der Waals surface area contributed by atoms with Crippen molar-refractivity contribution >= 4 is 29.7 Å². The summed E-state index contributed by atoms with van der Waals surface area (Å²) in [5.41, 5.74) is 2.96. The van der Waals surface area contributed by atoms with Crippen LogP contribution in [-0.4, -0.2) is 52.5 Å². The van der Waals surface area contributed by atoms with Gasteiger partial charge in [0.2, 0.25) is 18.2 Å². The monoisotopic (exact) mass is 533 g/mol. The number of hydrogen-bond donors (Lipinski definition) is 4. The van der Waals surface area contributed by atoms with E-state index in [4.69, 9.17) is 4.42 Å². The number of aliphatic hydroxyl groups is 1. The minimum atomic E-state index is -0.664. The summed E-state index contributed by atoms with van der Waals surface area (Å²) in [7, 11) is 0. The lowest BCUT2D eigenvalue weighted by Gasteiger charge is -2.29. The normalized spacial score (nSPS) is 16.3. The summed E-state index contributed by atoms with van der Waals surface area (Å²) in [5, 5.41) is 18.2. The molecule has 10 nitrogen and oxygen atoms in total. The van der Waals surface area contributed by atoms with Crippen LogP contribution in [0.5, 0.6) is 0 Å². The molecule has 0 bridgehead atoms. The fraction of sp³-hybridized carbons (Fsp3) is 0.379. The van der Waals surface area contributed by atoms with Gasteiger partial charge in [-0.3, -0.25) is 14.4 Å². The molecule has 0 fully saturated rings. The van der Waals surface area contributed by atoms with Gasteiger partial charge in [-0.15, -0.1) is 0 Å². The number of carbonyl (C=O) groups is 3. The van der Waals surface area contributed by atoms with E-state index in [0.717, 1.165) is 22.4 Å². The predicted octanol–water partition coefficient (Wildman–Crippen LogP) is 3.01. The molecular weight excluding hydrogens is 498 g/mol. The number of aromatic nitrogens is 1. The van der Waals surface area contributed by atoms with Gasteiger partial charge in [0, 0.05) is 29.8 Å². The molecule has 1 aliphatic heterocycles. The van der Waals surface area contributed by atoms with Crippen molar-refractivity contribution in [1.29, 1.82) is 0 Å². The van der Waals surface area contributed by atoms with Gasteiger partial charge in [-0.1, -0.05) is 42.5 Å². The standard InChI is InChI=1S/C29H35N5O5/c1-19(36)15-32-29(2,3)14-25(37)33-23-13-12-21-6-4-5-7-24(21)34(28(23)38)16-20-8-10-22(11-9-20)26-27(30-17-35)31-18-39-26/h4-11,17-19,23,32,36H,12-16H2,1-3H3,(H,30,35)(H,33,37)/t19-,23-/m1/s1. The van der Waals surface area contributed by atoms with E-state index in [-0.39, 0.29) is 18.2 Å². The smallest absolute Gasteiger partial charge is 0.249 e. The Labute approximate surface area is 227 Å². The molecule has 10 heteroatoms. The van der Waals surface area contributed by atoms with E-state index in [1.54, 1.807) is 11.8 Å². The second kappa shape index (κ2) is 12.2. The molecule has 0 saturated heterocycles. The van der Waals surface area contributed by atoms with Crippen LogP contribution in [0.25, 0.3) is 11.3 Å². The van der Waals surface area contributed by atoms with Crippen LogP contribution in [0, 0.1) is 0 Å². The largest absolute Gasteiger partial charge is 0.441 e. The van der Waals surface area contributed by atoms with Gasteiger partial charge in [-0.2, -0.15) is 4.98 Å². The number of para-hydroxylation sites is 1. The van der Waals surface area contributed by atoms with E-state index in [0.29, 0.717) is 43.9 Å². The lowest BCUT2D eigenvalue weighted by atomic mass is 9.99. The van der Waals surface area contributed by atoms with Gasteiger partial charge in [-0.05, 0) is 50.8 Å². The number of benzene rings is 2. The molecule has 0 spiro atoms. The van der Waals surface area contributed by atoms with Crippen molar-refractivity contribution in [2.24, 2.45) is 0 Å². The second-order valence-electron chi connectivity index (χ2n) is 10.5. The summed E-state index contributed by atoms with van der Waals surface area (Å²) in [5.74, 6) is 0.383. The highest BCUT2D eigenvalue weighted by Gasteiger charge is 2.32. The predicted molar refractivity (Wildman–Crippen MR) is 148 cm³/mol. The first kappa shape index (κ1) is 28.0. The van der Waals surface area contributed by atoms with E-state index in [1.165, 1.54) is 6.39 Å². The molecule has 206 valence electrons. The molecule has 0 radical (unpaired) electrons. The summed E-state index contributed by atoms with van der Waals surface area (Å²) < 4.78 is 5.43. The number of nitrogens with zero attached hydrogens (tertiary/aromatic N) is 2. The lowest BCUT2D eigenvalue weighted by molar-refractivity contribution is -0.128. The van der Waals surface area contributed by atoms with Crippen molar-refractivity contribution in [3.8, 4) is 11.3 Å². The molecule has 3 amide bonds. The van der Waals surface area contributed by atoms with Gasteiger partial charge in [0.15, 0.2) is 18.0 Å². The molecular formula is C29H35N5O5. The third kappa shape index (κ3) is 7.10. The number of oxazole rings is 1. The lowest BCUT2D eigenvalue weighted by Crippen LogP contribution is -2.51. The van der Waals surface area contributed by atoms with Crippen LogP contribution in [0.3, 0.4) is 0 Å². The summed E-state index contributed by atoms with van der Waals surface area (Å²) in [6.07, 6.45) is 2.60. The van der Waals surface area contributed by atoms with Crippen molar-refractivity contribution in [2.75, 3.05) is 16.8 Å². The summed E-state index contributed by atoms with van der Waals surface area (Å²) in [4.78, 5) is 43.3. The quantitative estimate of drug-likeness (QED) is 0.278. The Morgan fingerprint density at radius 3 is 2.69 bits per heavy atom. The molecule has 2 heterocycles. The molecule has 1 aromatic heterocycles. The van der Waals surface area contributed by atoms with Crippen molar-refractivity contribution in [1.82, 2.24) is 15.6 Å². The van der Waals surface area contributed by atoms with E-state index >= 15 is 0 Å². The molecule has 4 rings (SSSR count). The van der Waals surface area contributed by atoms with Crippen LogP contribution in [0.15, 0.2) is 59.3 Å². The van der Waals surface area contributed by atoms with Crippen LogP contribution in [0.2, 0.25) is 0 Å². The molecule has 4 N–H and O–H groups in total. The van der Waals surface area contributed by atoms with Gasteiger partial charge in [0.25, 0.3) is 0 Å². The maximum Gasteiger partial charge on any atom is 0.249 e. The first-order valence-corrected chi connectivity index (χ1v) is 13.0. The zero-order valence-electron chi connectivity index (χ0n) is 22.4. The molecule has 2 aromatic carbocycles. The summed E-state index contributed by atoms with van der Waals surface area (Å²) in [6, 6.07) is 14.6. The van der Waals surface area contributed by atoms with Gasteiger partial charge >= 0.3 is 0 Å². The average molecular weight is 534 g/mol. The Kier molecular flexibility index (Phi) is 8.78. The van der Waals surface area contributed by atoms with Crippen LogP contribution in [-0.2, 0) is 27.3 Å². The molecule has 39 heavy (non-hydrogen) atoms. The fourth-order valence-corrected chi connectivity index (χ4v) is 4.70. The molecule has 1 aliphatic rings. The van der Waals surface area contributed by atoms with Gasteiger partial charge in [-0.25, -0.2) is 0 Å². The Morgan fingerprint density at radius 2 is 1.97 bits per heavy atom. The number of β-amino-alcohol motifs (C(OH)–C–C–N with tert-alkyl or cyclic N) is 1. The average Bonchev–Trinajstić information content (AvgIpc) is 3.32. The van der Waals surface area contributed by atoms with Crippen LogP contribution in [0.4, 0.5) is 11.5 Å². The molecule has 0 saturated carbocycles. The highest BCUT2D eigenvalue weighted by Crippen LogP contribution is 2.30. The van der Waals surface area contributed by atoms with E-state index in [2.05, 4.69) is 20.9 Å². The first-order valence-electron chi connectivity index (χ1n) is 13.0. The number of nitrogens with one attached hydrogen (secondary N) is 3. The Bertz CT molecular complexity index is 1300. The number of amides is 3. The second-order valence-corrected chi connectivity index (χ2v) is 10.5.